The van der Waals surface area contributed by atoms with Gasteiger partial charge in [0.15, 0.2) is 5.65 Å². The van der Waals surface area contributed by atoms with E-state index in [2.05, 4.69) is 43.4 Å². The number of hydrogen-bond donors (Lipinski definition) is 0. The Balaban J connectivity index is 1.74. The average Bonchev–Trinajstić information content (AvgIpc) is 3.04. The molecule has 1 aromatic carbocycles. The first-order valence-electron chi connectivity index (χ1n) is 7.70. The van der Waals surface area contributed by atoms with Crippen LogP contribution in [0.3, 0.4) is 0 Å². The van der Waals surface area contributed by atoms with Crippen LogP contribution < -0.4 is 4.90 Å². The molecule has 2 aromatic heterocycles. The Bertz CT molecular complexity index is 932. The first-order valence-corrected chi connectivity index (χ1v) is 9.48. The minimum atomic E-state index is -2.72. The summed E-state index contributed by atoms with van der Waals surface area (Å²) in [6.45, 7) is 0. The van der Waals surface area contributed by atoms with E-state index in [0.29, 0.717) is 11.5 Å². The van der Waals surface area contributed by atoms with Gasteiger partial charge in [0, 0.05) is 22.2 Å². The molecule has 25 heavy (non-hydrogen) atoms. The molecule has 0 aliphatic carbocycles. The van der Waals surface area contributed by atoms with E-state index in [-0.39, 0.29) is 6.04 Å². The first-order chi connectivity index (χ1) is 12.0. The normalized spacial score (nSPS) is 17.1. The highest BCUT2D eigenvalue weighted by atomic mass is 79.9. The standard InChI is InChI=1S/C16H14BrF2N5S/c1-23(11-6-7-25-12-3-2-9(17)8-10(11)12)14-5-4-13-20-21-16(15(18)19)24(13)22-14/h2-5,8,11,15H,6-7H2,1H3. The van der Waals surface area contributed by atoms with Crippen LogP contribution in [0.25, 0.3) is 5.65 Å². The second-order valence-electron chi connectivity index (χ2n) is 5.77. The molecular weight excluding hydrogens is 412 g/mol. The highest BCUT2D eigenvalue weighted by Gasteiger charge is 2.26. The highest BCUT2D eigenvalue weighted by molar-refractivity contribution is 9.10. The molecule has 0 saturated heterocycles. The molecule has 5 nitrogen and oxygen atoms in total. The molecule has 3 aromatic rings. The van der Waals surface area contributed by atoms with Gasteiger partial charge in [-0.25, -0.2) is 8.78 Å². The highest BCUT2D eigenvalue weighted by Crippen LogP contribution is 2.41. The molecule has 1 unspecified atom stereocenters. The summed E-state index contributed by atoms with van der Waals surface area (Å²) in [6, 6.07) is 9.84. The molecule has 1 aliphatic rings. The van der Waals surface area contributed by atoms with Crippen molar-refractivity contribution < 1.29 is 8.78 Å². The molecule has 1 aliphatic heterocycles. The summed E-state index contributed by atoms with van der Waals surface area (Å²) in [7, 11) is 1.94. The smallest absolute Gasteiger partial charge is 0.299 e. The van der Waals surface area contributed by atoms with Gasteiger partial charge >= 0.3 is 0 Å². The zero-order valence-corrected chi connectivity index (χ0v) is 15.6. The van der Waals surface area contributed by atoms with Gasteiger partial charge in [-0.15, -0.1) is 27.1 Å². The summed E-state index contributed by atoms with van der Waals surface area (Å²) < 4.78 is 28.3. The van der Waals surface area contributed by atoms with E-state index < -0.39 is 12.2 Å². The van der Waals surface area contributed by atoms with Crippen molar-refractivity contribution in [2.75, 3.05) is 17.7 Å². The maximum absolute atomic E-state index is 13.1. The monoisotopic (exact) mass is 425 g/mol. The van der Waals surface area contributed by atoms with Gasteiger partial charge in [0.1, 0.15) is 5.82 Å². The number of halogens is 3. The van der Waals surface area contributed by atoms with E-state index >= 15 is 0 Å². The predicted molar refractivity (Wildman–Crippen MR) is 96.4 cm³/mol. The zero-order valence-electron chi connectivity index (χ0n) is 13.2. The van der Waals surface area contributed by atoms with Gasteiger partial charge < -0.3 is 4.90 Å². The van der Waals surface area contributed by atoms with Gasteiger partial charge in [-0.05, 0) is 42.3 Å². The second-order valence-corrected chi connectivity index (χ2v) is 7.82. The number of nitrogens with zero attached hydrogens (tertiary/aromatic N) is 5. The maximum atomic E-state index is 13.1. The largest absolute Gasteiger partial charge is 0.351 e. The van der Waals surface area contributed by atoms with Crippen molar-refractivity contribution in [1.82, 2.24) is 19.8 Å². The molecule has 0 spiro atoms. The number of fused-ring (bicyclic) bond motifs is 2. The quantitative estimate of drug-likeness (QED) is 0.618. The van der Waals surface area contributed by atoms with E-state index in [9.17, 15) is 8.78 Å². The number of benzene rings is 1. The first kappa shape index (κ1) is 16.7. The van der Waals surface area contributed by atoms with E-state index in [1.165, 1.54) is 10.5 Å². The molecule has 0 N–H and O–H groups in total. The number of anilines is 1. The Labute approximate surface area is 155 Å². The van der Waals surface area contributed by atoms with Gasteiger partial charge in [0.05, 0.1) is 6.04 Å². The van der Waals surface area contributed by atoms with Crippen molar-refractivity contribution in [3.63, 3.8) is 0 Å². The molecule has 0 saturated carbocycles. The van der Waals surface area contributed by atoms with E-state index in [1.54, 1.807) is 12.1 Å². The van der Waals surface area contributed by atoms with Gasteiger partial charge in [0.2, 0.25) is 5.82 Å². The Morgan fingerprint density at radius 2 is 2.12 bits per heavy atom. The van der Waals surface area contributed by atoms with Crippen molar-refractivity contribution in [1.29, 1.82) is 0 Å². The van der Waals surface area contributed by atoms with Crippen LogP contribution in [-0.2, 0) is 0 Å². The third kappa shape index (κ3) is 2.99. The predicted octanol–water partition coefficient (Wildman–Crippen LogP) is 4.50. The van der Waals surface area contributed by atoms with Crippen LogP contribution in [0, 0.1) is 0 Å². The van der Waals surface area contributed by atoms with Crippen molar-refractivity contribution in [2.24, 2.45) is 0 Å². The average molecular weight is 426 g/mol. The fraction of sp³-hybridized carbons (Fsp3) is 0.312. The third-order valence-electron chi connectivity index (χ3n) is 4.28. The van der Waals surface area contributed by atoms with Crippen LogP contribution in [0.1, 0.15) is 30.3 Å². The Morgan fingerprint density at radius 1 is 1.28 bits per heavy atom. The van der Waals surface area contributed by atoms with E-state index in [4.69, 9.17) is 0 Å². The van der Waals surface area contributed by atoms with E-state index in [0.717, 1.165) is 21.2 Å². The van der Waals surface area contributed by atoms with Crippen LogP contribution in [0.5, 0.6) is 0 Å². The minimum Gasteiger partial charge on any atom is -0.351 e. The molecule has 0 bridgehead atoms. The molecule has 0 amide bonds. The summed E-state index contributed by atoms with van der Waals surface area (Å²) in [6.07, 6.45) is -1.76. The maximum Gasteiger partial charge on any atom is 0.299 e. The number of alkyl halides is 2. The van der Waals surface area contributed by atoms with Gasteiger partial charge in [-0.3, -0.25) is 0 Å². The van der Waals surface area contributed by atoms with Crippen molar-refractivity contribution >= 4 is 39.2 Å². The van der Waals surface area contributed by atoms with Gasteiger partial charge in [0.25, 0.3) is 6.43 Å². The molecule has 3 heterocycles. The lowest BCUT2D eigenvalue weighted by molar-refractivity contribution is 0.137. The van der Waals surface area contributed by atoms with Crippen LogP contribution in [0.2, 0.25) is 0 Å². The molecule has 0 fully saturated rings. The number of aromatic nitrogens is 4. The molecule has 130 valence electrons. The van der Waals surface area contributed by atoms with Crippen LogP contribution >= 0.6 is 27.7 Å². The van der Waals surface area contributed by atoms with Gasteiger partial charge in [-0.2, -0.15) is 4.52 Å². The summed E-state index contributed by atoms with van der Waals surface area (Å²) in [5, 5.41) is 11.6. The van der Waals surface area contributed by atoms with Crippen LogP contribution in [0.15, 0.2) is 39.7 Å². The third-order valence-corrected chi connectivity index (χ3v) is 5.89. The fourth-order valence-electron chi connectivity index (χ4n) is 3.03. The lowest BCUT2D eigenvalue weighted by atomic mass is 10.0. The topological polar surface area (TPSA) is 46.3 Å². The SMILES string of the molecule is CN(c1ccc2nnc(C(F)F)n2n1)C1CCSc2ccc(Br)cc21. The minimum absolute atomic E-state index is 0.130. The molecule has 1 atom stereocenters. The number of hydrogen-bond acceptors (Lipinski definition) is 5. The van der Waals surface area contributed by atoms with Gasteiger partial charge in [-0.1, -0.05) is 15.9 Å². The fourth-order valence-corrected chi connectivity index (χ4v) is 4.49. The lowest BCUT2D eigenvalue weighted by Crippen LogP contribution is -2.28. The van der Waals surface area contributed by atoms with Crippen LogP contribution in [-0.4, -0.2) is 32.6 Å². The summed E-state index contributed by atoms with van der Waals surface area (Å²) >= 11 is 5.36. The lowest BCUT2D eigenvalue weighted by Gasteiger charge is -2.33. The second kappa shape index (κ2) is 6.53. The molecule has 9 heteroatoms. The van der Waals surface area contributed by atoms with Crippen LogP contribution in [0.4, 0.5) is 14.6 Å². The van der Waals surface area contributed by atoms with Crippen molar-refractivity contribution in [3.05, 3.63) is 46.2 Å². The summed E-state index contributed by atoms with van der Waals surface area (Å²) in [4.78, 5) is 3.27. The Kier molecular flexibility index (Phi) is 4.36. The summed E-state index contributed by atoms with van der Waals surface area (Å²) in [5.74, 6) is 1.17. The number of thioether (sulfide) groups is 1. The zero-order chi connectivity index (χ0) is 17.6. The number of rotatable bonds is 3. The van der Waals surface area contributed by atoms with Crippen molar-refractivity contribution in [2.45, 2.75) is 23.8 Å². The molecular formula is C16H14BrF2N5S. The Hall–Kier alpha value is -1.74. The van der Waals surface area contributed by atoms with E-state index in [1.807, 2.05) is 29.8 Å². The summed E-state index contributed by atoms with van der Waals surface area (Å²) in [5.41, 5.74) is 1.53. The molecule has 0 radical (unpaired) electrons. The van der Waals surface area contributed by atoms with Crippen molar-refractivity contribution in [3.8, 4) is 0 Å². The Morgan fingerprint density at radius 3 is 2.92 bits per heavy atom. The molecule has 4 rings (SSSR count).